The molecule has 4 rings (SSSR count). The highest BCUT2D eigenvalue weighted by atomic mass is 32.1. The second-order valence-electron chi connectivity index (χ2n) is 5.40. The van der Waals surface area contributed by atoms with Crippen LogP contribution in [0, 0.1) is 6.92 Å². The maximum Gasteiger partial charge on any atom is 0.340 e. The monoisotopic (exact) mass is 352 g/mol. The maximum atomic E-state index is 12.9. The number of thiophene rings is 1. The molecule has 0 saturated heterocycles. The Kier molecular flexibility index (Phi) is 3.54. The molecule has 0 spiro atoms. The molecule has 0 aliphatic heterocycles. The number of rotatable bonds is 2. The molecule has 0 N–H and O–H groups in total. The number of methoxy groups -OCH3 is 1. The van der Waals surface area contributed by atoms with E-state index in [4.69, 9.17) is 4.74 Å². The number of aromatic nitrogens is 4. The summed E-state index contributed by atoms with van der Waals surface area (Å²) in [5, 5.41) is 9.01. The van der Waals surface area contributed by atoms with E-state index in [9.17, 15) is 9.59 Å². The van der Waals surface area contributed by atoms with Gasteiger partial charge < -0.3 is 4.74 Å². The fraction of sp³-hybridized carbons (Fsp3) is 0.118. The molecule has 4 aromatic rings. The number of hydrogen-bond acceptors (Lipinski definition) is 7. The second-order valence-corrected chi connectivity index (χ2v) is 6.40. The van der Waals surface area contributed by atoms with E-state index < -0.39 is 5.97 Å². The zero-order chi connectivity index (χ0) is 17.6. The molecule has 124 valence electrons. The van der Waals surface area contributed by atoms with Crippen molar-refractivity contribution in [1.82, 2.24) is 20.0 Å². The van der Waals surface area contributed by atoms with Gasteiger partial charge in [-0.1, -0.05) is 17.3 Å². The van der Waals surface area contributed by atoms with E-state index in [-0.39, 0.29) is 11.1 Å². The Morgan fingerprint density at radius 3 is 2.80 bits per heavy atom. The van der Waals surface area contributed by atoms with Gasteiger partial charge in [-0.2, -0.15) is 4.68 Å². The van der Waals surface area contributed by atoms with E-state index in [0.29, 0.717) is 15.9 Å². The zero-order valence-corrected chi connectivity index (χ0v) is 14.2. The van der Waals surface area contributed by atoms with E-state index in [1.54, 1.807) is 24.3 Å². The van der Waals surface area contributed by atoms with Crippen molar-refractivity contribution in [3.8, 4) is 5.69 Å². The minimum Gasteiger partial charge on any atom is -0.465 e. The molecule has 0 aliphatic carbocycles. The van der Waals surface area contributed by atoms with Crippen LogP contribution in [0.15, 0.2) is 41.2 Å². The molecule has 3 heterocycles. The summed E-state index contributed by atoms with van der Waals surface area (Å²) in [7, 11) is 1.29. The molecule has 3 aromatic heterocycles. The molecule has 0 fully saturated rings. The molecule has 0 unspecified atom stereocenters. The van der Waals surface area contributed by atoms with Crippen LogP contribution in [0.25, 0.3) is 26.1 Å². The van der Waals surface area contributed by atoms with E-state index >= 15 is 0 Å². The number of carbonyl (C=O) groups is 1. The summed E-state index contributed by atoms with van der Waals surface area (Å²) in [6, 6.07) is 10.4. The van der Waals surface area contributed by atoms with Crippen molar-refractivity contribution in [2.45, 2.75) is 6.92 Å². The van der Waals surface area contributed by atoms with Gasteiger partial charge in [0, 0.05) is 11.1 Å². The van der Waals surface area contributed by atoms with Gasteiger partial charge in [-0.25, -0.2) is 9.78 Å². The number of nitrogens with zero attached hydrogens (tertiary/aromatic N) is 4. The Balaban J connectivity index is 2.02. The predicted molar refractivity (Wildman–Crippen MR) is 94.4 cm³/mol. The number of hydrogen-bond donors (Lipinski definition) is 0. The molecular formula is C17H12N4O3S. The Bertz CT molecular complexity index is 1200. The third-order valence-electron chi connectivity index (χ3n) is 3.83. The van der Waals surface area contributed by atoms with Gasteiger partial charge >= 0.3 is 5.97 Å². The summed E-state index contributed by atoms with van der Waals surface area (Å²) in [5.74, 6) is -0.543. The number of esters is 1. The van der Waals surface area contributed by atoms with Crippen LogP contribution in [0.4, 0.5) is 0 Å². The van der Waals surface area contributed by atoms with Crippen LogP contribution in [0.3, 0.4) is 0 Å². The molecule has 0 atom stereocenters. The van der Waals surface area contributed by atoms with Crippen molar-refractivity contribution in [3.05, 3.63) is 58.0 Å². The number of para-hydroxylation sites is 1. The van der Waals surface area contributed by atoms with Crippen LogP contribution in [-0.4, -0.2) is 33.1 Å². The molecule has 25 heavy (non-hydrogen) atoms. The van der Waals surface area contributed by atoms with Gasteiger partial charge in [-0.3, -0.25) is 4.79 Å². The summed E-state index contributed by atoms with van der Waals surface area (Å²) in [5.41, 5.74) is 1.61. The minimum absolute atomic E-state index is 0.246. The molecule has 0 saturated carbocycles. The van der Waals surface area contributed by atoms with Gasteiger partial charge in [0.2, 0.25) is 0 Å². The first-order chi connectivity index (χ1) is 12.1. The summed E-state index contributed by atoms with van der Waals surface area (Å²) >= 11 is 1.27. The summed E-state index contributed by atoms with van der Waals surface area (Å²) in [6.07, 6.45) is 0. The number of carbonyl (C=O) groups excluding carboxylic acids is 1. The lowest BCUT2D eigenvalue weighted by Crippen LogP contribution is -2.23. The largest absolute Gasteiger partial charge is 0.465 e. The first kappa shape index (κ1) is 15.4. The van der Waals surface area contributed by atoms with Gasteiger partial charge in [0.05, 0.1) is 18.4 Å². The lowest BCUT2D eigenvalue weighted by molar-refractivity contribution is 0.0600. The van der Waals surface area contributed by atoms with Gasteiger partial charge in [-0.05, 0) is 31.2 Å². The highest BCUT2D eigenvalue weighted by molar-refractivity contribution is 7.25. The Morgan fingerprint density at radius 1 is 1.20 bits per heavy atom. The average molecular weight is 352 g/mol. The van der Waals surface area contributed by atoms with Crippen molar-refractivity contribution in [1.29, 1.82) is 0 Å². The maximum absolute atomic E-state index is 12.9. The average Bonchev–Trinajstić information content (AvgIpc) is 3.00. The molecule has 0 radical (unpaired) electrons. The number of fused-ring (bicyclic) bond motifs is 3. The number of pyridine rings is 1. The lowest BCUT2D eigenvalue weighted by atomic mass is 10.2. The van der Waals surface area contributed by atoms with E-state index in [1.807, 2.05) is 19.1 Å². The van der Waals surface area contributed by atoms with Crippen molar-refractivity contribution in [2.24, 2.45) is 0 Å². The second kappa shape index (κ2) is 5.75. The summed E-state index contributed by atoms with van der Waals surface area (Å²) in [6.45, 7) is 1.89. The Labute approximate surface area is 145 Å². The van der Waals surface area contributed by atoms with Crippen LogP contribution in [0.2, 0.25) is 0 Å². The van der Waals surface area contributed by atoms with E-state index in [2.05, 4.69) is 15.3 Å². The van der Waals surface area contributed by atoms with Crippen LogP contribution in [0.5, 0.6) is 0 Å². The van der Waals surface area contributed by atoms with E-state index in [1.165, 1.54) is 18.4 Å². The fourth-order valence-corrected chi connectivity index (χ4v) is 3.71. The SMILES string of the molecule is COC(=O)c1ccccc1-n1nnc2c(sc3nc(C)ccc32)c1=O. The third-order valence-corrected chi connectivity index (χ3v) is 4.90. The molecule has 8 heteroatoms. The van der Waals surface area contributed by atoms with Crippen LogP contribution < -0.4 is 5.56 Å². The van der Waals surface area contributed by atoms with Crippen LogP contribution in [0.1, 0.15) is 16.1 Å². The third kappa shape index (κ3) is 2.38. The minimum atomic E-state index is -0.543. The summed E-state index contributed by atoms with van der Waals surface area (Å²) < 4.78 is 6.35. The van der Waals surface area contributed by atoms with Crippen molar-refractivity contribution < 1.29 is 9.53 Å². The molecule has 7 nitrogen and oxygen atoms in total. The molecule has 0 amide bonds. The van der Waals surface area contributed by atoms with Crippen molar-refractivity contribution >= 4 is 37.7 Å². The van der Waals surface area contributed by atoms with Gasteiger partial charge in [0.15, 0.2) is 0 Å². The first-order valence-corrected chi connectivity index (χ1v) is 8.25. The summed E-state index contributed by atoms with van der Waals surface area (Å²) in [4.78, 5) is 30.1. The molecule has 1 aromatic carbocycles. The standard InChI is InChI=1S/C17H12N4O3S/c1-9-7-8-11-13-14(25-15(11)18-9)16(22)21(20-19-13)12-6-4-3-5-10(12)17(23)24-2/h3-8H,1-2H3. The first-order valence-electron chi connectivity index (χ1n) is 7.43. The zero-order valence-electron chi connectivity index (χ0n) is 13.4. The predicted octanol–water partition coefficient (Wildman–Crippen LogP) is 2.49. The highest BCUT2D eigenvalue weighted by Crippen LogP contribution is 2.28. The quantitative estimate of drug-likeness (QED) is 0.515. The smallest absolute Gasteiger partial charge is 0.340 e. The number of benzene rings is 1. The Hall–Kier alpha value is -3.13. The van der Waals surface area contributed by atoms with Gasteiger partial charge in [-0.15, -0.1) is 16.4 Å². The van der Waals surface area contributed by atoms with Crippen molar-refractivity contribution in [2.75, 3.05) is 7.11 Å². The highest BCUT2D eigenvalue weighted by Gasteiger charge is 2.18. The molecule has 0 aliphatic rings. The molecule has 0 bridgehead atoms. The Morgan fingerprint density at radius 2 is 2.00 bits per heavy atom. The van der Waals surface area contributed by atoms with Crippen LogP contribution >= 0.6 is 11.3 Å². The topological polar surface area (TPSA) is 87.0 Å². The van der Waals surface area contributed by atoms with E-state index in [0.717, 1.165) is 20.6 Å². The normalized spacial score (nSPS) is 11.1. The lowest BCUT2D eigenvalue weighted by Gasteiger charge is -2.08. The fourth-order valence-electron chi connectivity index (χ4n) is 2.63. The molecular weight excluding hydrogens is 340 g/mol. The number of ether oxygens (including phenoxy) is 1. The van der Waals surface area contributed by atoms with Crippen LogP contribution in [-0.2, 0) is 4.74 Å². The van der Waals surface area contributed by atoms with Gasteiger partial charge in [0.25, 0.3) is 5.56 Å². The van der Waals surface area contributed by atoms with Gasteiger partial charge in [0.1, 0.15) is 15.0 Å². The van der Waals surface area contributed by atoms with Crippen molar-refractivity contribution in [3.63, 3.8) is 0 Å². The number of aryl methyl sites for hydroxylation is 1.